The zero-order valence-electron chi connectivity index (χ0n) is 15.0. The van der Waals surface area contributed by atoms with Gasteiger partial charge in [-0.15, -0.1) is 6.58 Å². The van der Waals surface area contributed by atoms with E-state index in [0.717, 1.165) is 27.1 Å². The van der Waals surface area contributed by atoms with E-state index in [9.17, 15) is 14.9 Å². The van der Waals surface area contributed by atoms with E-state index in [1.165, 1.54) is 23.5 Å². The average molecular weight is 424 g/mol. The maximum absolute atomic E-state index is 12.8. The molecule has 0 aliphatic rings. The highest BCUT2D eigenvalue weighted by atomic mass is 35.5. The molecule has 3 aromatic carbocycles. The van der Waals surface area contributed by atoms with Crippen LogP contribution in [0.3, 0.4) is 0 Å². The Bertz CT molecular complexity index is 1370. The van der Waals surface area contributed by atoms with Crippen LogP contribution in [0.15, 0.2) is 72.2 Å². The van der Waals surface area contributed by atoms with Gasteiger partial charge < -0.3 is 4.57 Å². The first kappa shape index (κ1) is 19.0. The van der Waals surface area contributed by atoms with Crippen molar-refractivity contribution in [3.63, 3.8) is 0 Å². The van der Waals surface area contributed by atoms with Gasteiger partial charge >= 0.3 is 0 Å². The van der Waals surface area contributed by atoms with Gasteiger partial charge in [0, 0.05) is 24.1 Å². The zero-order chi connectivity index (χ0) is 20.5. The molecular weight excluding hydrogens is 410 g/mol. The van der Waals surface area contributed by atoms with Gasteiger partial charge in [0.15, 0.2) is 4.80 Å². The Morgan fingerprint density at radius 2 is 2.03 bits per heavy atom. The van der Waals surface area contributed by atoms with Crippen molar-refractivity contribution in [3.05, 3.63) is 92.8 Å². The molecule has 8 heteroatoms. The zero-order valence-corrected chi connectivity index (χ0v) is 16.6. The van der Waals surface area contributed by atoms with Gasteiger partial charge in [0.2, 0.25) is 0 Å². The molecular formula is C21H14ClN3O3S. The number of allylic oxidation sites excluding steroid dienone is 1. The molecule has 0 radical (unpaired) electrons. The molecule has 0 spiro atoms. The number of aromatic nitrogens is 1. The molecule has 4 aromatic rings. The third-order valence-electron chi connectivity index (χ3n) is 4.47. The third-order valence-corrected chi connectivity index (χ3v) is 5.93. The molecule has 1 aromatic heterocycles. The molecule has 0 atom stereocenters. The average Bonchev–Trinajstić information content (AvgIpc) is 3.06. The van der Waals surface area contributed by atoms with Gasteiger partial charge in [-0.05, 0) is 17.5 Å². The molecule has 1 heterocycles. The van der Waals surface area contributed by atoms with Crippen LogP contribution in [-0.4, -0.2) is 15.4 Å². The summed E-state index contributed by atoms with van der Waals surface area (Å²) in [5.41, 5.74) is 0.716. The SMILES string of the molecule is C=CCn1c(=NC(=O)c2cc([N+](=O)[O-])ccc2Cl)sc2c3ccccc3ccc21. The van der Waals surface area contributed by atoms with Crippen molar-refractivity contribution in [1.82, 2.24) is 4.57 Å². The highest BCUT2D eigenvalue weighted by Gasteiger charge is 2.16. The number of carbonyl (C=O) groups excluding carboxylic acids is 1. The fraction of sp³-hybridized carbons (Fsp3) is 0.0476. The number of carbonyl (C=O) groups is 1. The number of nitro benzene ring substituents is 1. The first-order valence-corrected chi connectivity index (χ1v) is 9.84. The smallest absolute Gasteiger partial charge is 0.281 e. The number of rotatable bonds is 4. The van der Waals surface area contributed by atoms with Crippen molar-refractivity contribution in [2.45, 2.75) is 6.54 Å². The van der Waals surface area contributed by atoms with Gasteiger partial charge in [0.25, 0.3) is 11.6 Å². The topological polar surface area (TPSA) is 77.5 Å². The number of benzene rings is 3. The lowest BCUT2D eigenvalue weighted by Crippen LogP contribution is -2.16. The summed E-state index contributed by atoms with van der Waals surface area (Å²) in [5, 5.41) is 13.3. The molecule has 0 fully saturated rings. The Kier molecular flexibility index (Phi) is 5.00. The largest absolute Gasteiger partial charge is 0.312 e. The second-order valence-corrected chi connectivity index (χ2v) is 7.64. The van der Waals surface area contributed by atoms with Gasteiger partial charge in [-0.2, -0.15) is 4.99 Å². The third kappa shape index (κ3) is 3.46. The van der Waals surface area contributed by atoms with Crippen LogP contribution in [0.4, 0.5) is 5.69 Å². The Hall–Kier alpha value is -3.29. The van der Waals surface area contributed by atoms with Crippen LogP contribution in [0.5, 0.6) is 0 Å². The van der Waals surface area contributed by atoms with E-state index in [1.54, 1.807) is 6.08 Å². The summed E-state index contributed by atoms with van der Waals surface area (Å²) in [5.74, 6) is -0.632. The maximum atomic E-state index is 12.8. The first-order chi connectivity index (χ1) is 14.0. The quantitative estimate of drug-likeness (QED) is 0.252. The first-order valence-electron chi connectivity index (χ1n) is 8.64. The highest BCUT2D eigenvalue weighted by Crippen LogP contribution is 2.28. The Morgan fingerprint density at radius 1 is 1.24 bits per heavy atom. The van der Waals surface area contributed by atoms with Gasteiger partial charge in [-0.3, -0.25) is 14.9 Å². The number of non-ortho nitro benzene ring substituents is 1. The normalized spacial score (nSPS) is 11.8. The Morgan fingerprint density at radius 3 is 2.79 bits per heavy atom. The highest BCUT2D eigenvalue weighted by molar-refractivity contribution is 7.17. The summed E-state index contributed by atoms with van der Waals surface area (Å²) in [6.45, 7) is 4.25. The second-order valence-electron chi connectivity index (χ2n) is 6.26. The predicted octanol–water partition coefficient (Wildman–Crippen LogP) is 5.34. The van der Waals surface area contributed by atoms with Crippen LogP contribution < -0.4 is 4.80 Å². The van der Waals surface area contributed by atoms with Gasteiger partial charge in [-0.25, -0.2) is 0 Å². The summed E-state index contributed by atoms with van der Waals surface area (Å²) in [7, 11) is 0. The molecule has 0 unspecified atom stereocenters. The van der Waals surface area contributed by atoms with E-state index in [1.807, 2.05) is 41.0 Å². The van der Waals surface area contributed by atoms with Crippen molar-refractivity contribution < 1.29 is 9.72 Å². The van der Waals surface area contributed by atoms with Crippen LogP contribution in [0.1, 0.15) is 10.4 Å². The number of hydrogen-bond acceptors (Lipinski definition) is 4. The van der Waals surface area contributed by atoms with Crippen LogP contribution in [0.2, 0.25) is 5.02 Å². The molecule has 1 amide bonds. The van der Waals surface area contributed by atoms with E-state index in [4.69, 9.17) is 11.6 Å². The number of thiazole rings is 1. The molecule has 0 aliphatic heterocycles. The molecule has 0 aliphatic carbocycles. The van der Waals surface area contributed by atoms with Crippen LogP contribution in [0.25, 0.3) is 21.0 Å². The summed E-state index contributed by atoms with van der Waals surface area (Å²) in [6, 6.07) is 15.7. The molecule has 0 bridgehead atoms. The van der Waals surface area contributed by atoms with Crippen molar-refractivity contribution in [2.24, 2.45) is 4.99 Å². The summed E-state index contributed by atoms with van der Waals surface area (Å²) >= 11 is 7.48. The fourth-order valence-corrected chi connectivity index (χ4v) is 4.50. The summed E-state index contributed by atoms with van der Waals surface area (Å²) in [6.07, 6.45) is 1.73. The minimum atomic E-state index is -0.632. The molecule has 0 saturated heterocycles. The van der Waals surface area contributed by atoms with Gasteiger partial charge in [0.05, 0.1) is 25.7 Å². The number of amides is 1. The van der Waals surface area contributed by atoms with E-state index in [-0.39, 0.29) is 16.3 Å². The standard InChI is InChI=1S/C21H14ClN3O3S/c1-2-11-24-18-10-7-13-5-3-4-6-15(13)19(18)29-21(24)23-20(26)16-12-14(25(27)28)8-9-17(16)22/h2-10,12H,1,11H2. The van der Waals surface area contributed by atoms with Gasteiger partial charge in [-0.1, -0.05) is 59.3 Å². The molecule has 6 nitrogen and oxygen atoms in total. The van der Waals surface area contributed by atoms with E-state index in [0.29, 0.717) is 11.3 Å². The molecule has 29 heavy (non-hydrogen) atoms. The second kappa shape index (κ2) is 7.62. The van der Waals surface area contributed by atoms with Crippen molar-refractivity contribution in [2.75, 3.05) is 0 Å². The lowest BCUT2D eigenvalue weighted by molar-refractivity contribution is -0.384. The number of halogens is 1. The number of nitrogens with zero attached hydrogens (tertiary/aromatic N) is 3. The number of nitro groups is 1. The minimum absolute atomic E-state index is 0.00617. The molecule has 0 N–H and O–H groups in total. The molecule has 144 valence electrons. The number of fused-ring (bicyclic) bond motifs is 3. The van der Waals surface area contributed by atoms with Crippen molar-refractivity contribution in [1.29, 1.82) is 0 Å². The van der Waals surface area contributed by atoms with Gasteiger partial charge in [0.1, 0.15) is 0 Å². The van der Waals surface area contributed by atoms with Crippen LogP contribution >= 0.6 is 22.9 Å². The predicted molar refractivity (Wildman–Crippen MR) is 116 cm³/mol. The lowest BCUT2D eigenvalue weighted by Gasteiger charge is -2.03. The van der Waals surface area contributed by atoms with Crippen LogP contribution in [-0.2, 0) is 6.54 Å². The van der Waals surface area contributed by atoms with Crippen LogP contribution in [0, 0.1) is 10.1 Å². The van der Waals surface area contributed by atoms with E-state index < -0.39 is 10.8 Å². The fourth-order valence-electron chi connectivity index (χ4n) is 3.13. The Labute approximate surface area is 174 Å². The monoisotopic (exact) mass is 423 g/mol. The summed E-state index contributed by atoms with van der Waals surface area (Å²) < 4.78 is 2.89. The minimum Gasteiger partial charge on any atom is -0.312 e. The van der Waals surface area contributed by atoms with E-state index >= 15 is 0 Å². The number of hydrogen-bond donors (Lipinski definition) is 0. The van der Waals surface area contributed by atoms with Crippen molar-refractivity contribution >= 4 is 55.5 Å². The van der Waals surface area contributed by atoms with E-state index in [2.05, 4.69) is 11.6 Å². The Balaban J connectivity index is 1.94. The lowest BCUT2D eigenvalue weighted by atomic mass is 10.1. The maximum Gasteiger partial charge on any atom is 0.281 e. The molecule has 0 saturated carbocycles. The van der Waals surface area contributed by atoms with Crippen molar-refractivity contribution in [3.8, 4) is 0 Å². The molecule has 4 rings (SSSR count). The summed E-state index contributed by atoms with van der Waals surface area (Å²) in [4.78, 5) is 28.0.